The minimum atomic E-state index is -4.53. The van der Waals surface area contributed by atoms with Gasteiger partial charge in [-0.3, -0.25) is 0 Å². The van der Waals surface area contributed by atoms with Crippen molar-refractivity contribution in [2.45, 2.75) is 29.8 Å². The van der Waals surface area contributed by atoms with E-state index < -0.39 is 21.8 Å². The molecule has 11 heteroatoms. The second kappa shape index (κ2) is 8.25. The average Bonchev–Trinajstić information content (AvgIpc) is 3.24. The Labute approximate surface area is 181 Å². The van der Waals surface area contributed by atoms with Gasteiger partial charge in [0, 0.05) is 23.7 Å². The molecule has 0 unspecified atom stereocenters. The highest BCUT2D eigenvalue weighted by atomic mass is 35.5. The topological polar surface area (TPSA) is 76.3 Å². The number of benzene rings is 2. The van der Waals surface area contributed by atoms with Gasteiger partial charge in [0.05, 0.1) is 16.4 Å². The quantitative estimate of drug-likeness (QED) is 0.536. The van der Waals surface area contributed by atoms with E-state index in [2.05, 4.69) is 10.1 Å². The third kappa shape index (κ3) is 4.60. The Kier molecular flexibility index (Phi) is 5.80. The molecule has 6 nitrogen and oxygen atoms in total. The zero-order chi connectivity index (χ0) is 22.2. The van der Waals surface area contributed by atoms with Crippen LogP contribution in [0.5, 0.6) is 0 Å². The molecule has 1 aromatic heterocycles. The van der Waals surface area contributed by atoms with Gasteiger partial charge in [-0.05, 0) is 61.4 Å². The monoisotopic (exact) mass is 471 g/mol. The smallest absolute Gasteiger partial charge is 0.339 e. The van der Waals surface area contributed by atoms with Crippen LogP contribution in [0.4, 0.5) is 13.2 Å². The van der Waals surface area contributed by atoms with E-state index >= 15 is 0 Å². The van der Waals surface area contributed by atoms with Gasteiger partial charge in [0.2, 0.25) is 21.7 Å². The van der Waals surface area contributed by atoms with Gasteiger partial charge in [0.25, 0.3) is 0 Å². The Morgan fingerprint density at radius 2 is 1.74 bits per heavy atom. The summed E-state index contributed by atoms with van der Waals surface area (Å²) in [7, 11) is -3.95. The van der Waals surface area contributed by atoms with Crippen LogP contribution < -0.4 is 0 Å². The van der Waals surface area contributed by atoms with Crippen molar-refractivity contribution in [1.29, 1.82) is 0 Å². The van der Waals surface area contributed by atoms with E-state index in [0.717, 1.165) is 24.3 Å². The van der Waals surface area contributed by atoms with Crippen molar-refractivity contribution in [3.05, 3.63) is 65.0 Å². The number of hydrogen-bond donors (Lipinski definition) is 0. The molecule has 0 spiro atoms. The summed E-state index contributed by atoms with van der Waals surface area (Å²) >= 11 is 5.88. The first-order valence-electron chi connectivity index (χ1n) is 9.41. The lowest BCUT2D eigenvalue weighted by Crippen LogP contribution is -2.39. The lowest BCUT2D eigenvalue weighted by Gasteiger charge is -2.30. The van der Waals surface area contributed by atoms with Gasteiger partial charge in [-0.1, -0.05) is 16.8 Å². The van der Waals surface area contributed by atoms with Crippen molar-refractivity contribution >= 4 is 21.6 Å². The molecule has 2 aromatic carbocycles. The molecule has 0 amide bonds. The normalized spacial score (nSPS) is 18.3. The van der Waals surface area contributed by atoms with Crippen molar-refractivity contribution in [3.8, 4) is 11.4 Å². The number of sulfonamides is 1. The molecule has 1 saturated heterocycles. The zero-order valence-corrected chi connectivity index (χ0v) is 17.6. The molecule has 0 N–H and O–H groups in total. The summed E-state index contributed by atoms with van der Waals surface area (Å²) in [6.45, 7) is 0.365. The third-order valence-electron chi connectivity index (χ3n) is 5.10. The van der Waals surface area contributed by atoms with Crippen molar-refractivity contribution in [1.82, 2.24) is 14.4 Å². The SMILES string of the molecule is O=S(=O)(c1ccc(C(F)(F)F)cc1)N1CCC[C@@H](c2nc(-c3ccc(Cl)cc3)no2)C1. The summed E-state index contributed by atoms with van der Waals surface area (Å²) in [4.78, 5) is 4.21. The lowest BCUT2D eigenvalue weighted by atomic mass is 10.00. The molecule has 31 heavy (non-hydrogen) atoms. The van der Waals surface area contributed by atoms with Crippen molar-refractivity contribution in [2.75, 3.05) is 13.1 Å². The number of alkyl halides is 3. The van der Waals surface area contributed by atoms with Crippen LogP contribution in [0.1, 0.15) is 30.2 Å². The van der Waals surface area contributed by atoms with Gasteiger partial charge in [0.15, 0.2) is 0 Å². The highest BCUT2D eigenvalue weighted by molar-refractivity contribution is 7.89. The average molecular weight is 472 g/mol. The van der Waals surface area contributed by atoms with Crippen LogP contribution in [0.2, 0.25) is 5.02 Å². The molecule has 1 aliphatic rings. The zero-order valence-electron chi connectivity index (χ0n) is 16.0. The molecule has 4 rings (SSSR count). The number of piperidine rings is 1. The molecule has 0 radical (unpaired) electrons. The number of hydrogen-bond acceptors (Lipinski definition) is 5. The summed E-state index contributed by atoms with van der Waals surface area (Å²) < 4.78 is 70.8. The van der Waals surface area contributed by atoms with Gasteiger partial charge in [-0.15, -0.1) is 0 Å². The standard InChI is InChI=1S/C20H17ClF3N3O3S/c21-16-7-3-13(4-8-16)18-25-19(30-26-18)14-2-1-11-27(12-14)31(28,29)17-9-5-15(6-10-17)20(22,23)24/h3-10,14H,1-2,11-12H2/t14-/m1/s1. The molecule has 2 heterocycles. The Hall–Kier alpha value is -2.43. The van der Waals surface area contributed by atoms with Crippen LogP contribution >= 0.6 is 11.6 Å². The van der Waals surface area contributed by atoms with E-state index in [0.29, 0.717) is 35.1 Å². The van der Waals surface area contributed by atoms with Crippen LogP contribution in [0.15, 0.2) is 57.9 Å². The van der Waals surface area contributed by atoms with E-state index in [1.807, 2.05) is 0 Å². The first-order valence-corrected chi connectivity index (χ1v) is 11.2. The lowest BCUT2D eigenvalue weighted by molar-refractivity contribution is -0.137. The first-order chi connectivity index (χ1) is 14.6. The maximum atomic E-state index is 12.9. The fourth-order valence-electron chi connectivity index (χ4n) is 3.44. The number of aromatic nitrogens is 2. The van der Waals surface area contributed by atoms with Crippen LogP contribution in [0.3, 0.4) is 0 Å². The molecule has 1 atom stereocenters. The molecular weight excluding hydrogens is 455 g/mol. The molecule has 0 bridgehead atoms. The Morgan fingerprint density at radius 1 is 1.06 bits per heavy atom. The van der Waals surface area contributed by atoms with Gasteiger partial charge < -0.3 is 4.52 Å². The number of rotatable bonds is 4. The summed E-state index contributed by atoms with van der Waals surface area (Å²) in [5.41, 5.74) is -0.187. The van der Waals surface area contributed by atoms with Crippen LogP contribution in [-0.2, 0) is 16.2 Å². The fourth-order valence-corrected chi connectivity index (χ4v) is 5.09. The Balaban J connectivity index is 1.52. The first kappa shape index (κ1) is 21.8. The van der Waals surface area contributed by atoms with E-state index in [-0.39, 0.29) is 23.9 Å². The van der Waals surface area contributed by atoms with E-state index in [1.54, 1.807) is 24.3 Å². The number of nitrogens with zero attached hydrogens (tertiary/aromatic N) is 3. The van der Waals surface area contributed by atoms with E-state index in [9.17, 15) is 21.6 Å². The van der Waals surface area contributed by atoms with Crippen molar-refractivity contribution in [2.24, 2.45) is 0 Å². The second-order valence-corrected chi connectivity index (χ2v) is 9.56. The van der Waals surface area contributed by atoms with Gasteiger partial charge in [-0.2, -0.15) is 22.5 Å². The molecule has 164 valence electrons. The predicted molar refractivity (Wildman–Crippen MR) is 107 cm³/mol. The van der Waals surface area contributed by atoms with Crippen LogP contribution in [0, 0.1) is 0 Å². The van der Waals surface area contributed by atoms with Gasteiger partial charge in [-0.25, -0.2) is 8.42 Å². The maximum Gasteiger partial charge on any atom is 0.416 e. The van der Waals surface area contributed by atoms with Crippen LogP contribution in [0.25, 0.3) is 11.4 Å². The van der Waals surface area contributed by atoms with Crippen LogP contribution in [-0.4, -0.2) is 36.0 Å². The molecular formula is C20H17ClF3N3O3S. The third-order valence-corrected chi connectivity index (χ3v) is 7.23. The largest absolute Gasteiger partial charge is 0.416 e. The molecule has 1 aliphatic heterocycles. The minimum Gasteiger partial charge on any atom is -0.339 e. The second-order valence-electron chi connectivity index (χ2n) is 7.19. The van der Waals surface area contributed by atoms with E-state index in [1.165, 1.54) is 4.31 Å². The summed E-state index contributed by atoms with van der Waals surface area (Å²) in [6, 6.07) is 10.4. The molecule has 1 fully saturated rings. The summed E-state index contributed by atoms with van der Waals surface area (Å²) in [5, 5.41) is 4.54. The van der Waals surface area contributed by atoms with E-state index in [4.69, 9.17) is 16.1 Å². The molecule has 0 aliphatic carbocycles. The molecule has 0 saturated carbocycles. The maximum absolute atomic E-state index is 12.9. The minimum absolute atomic E-state index is 0.103. The Morgan fingerprint density at radius 3 is 2.39 bits per heavy atom. The summed E-state index contributed by atoms with van der Waals surface area (Å²) in [6.07, 6.45) is -3.32. The van der Waals surface area contributed by atoms with Crippen molar-refractivity contribution < 1.29 is 26.1 Å². The van der Waals surface area contributed by atoms with Gasteiger partial charge in [0.1, 0.15) is 0 Å². The van der Waals surface area contributed by atoms with Crippen molar-refractivity contribution in [3.63, 3.8) is 0 Å². The molecule has 3 aromatic rings. The Bertz CT molecular complexity index is 1160. The highest BCUT2D eigenvalue weighted by Gasteiger charge is 2.35. The fraction of sp³-hybridized carbons (Fsp3) is 0.300. The highest BCUT2D eigenvalue weighted by Crippen LogP contribution is 2.33. The predicted octanol–water partition coefficient (Wildman–Crippen LogP) is 4.98. The number of halogens is 4. The summed E-state index contributed by atoms with van der Waals surface area (Å²) in [5.74, 6) is 0.373. The van der Waals surface area contributed by atoms with Gasteiger partial charge >= 0.3 is 6.18 Å².